The molecule has 2 aliphatic heterocycles. The van der Waals surface area contributed by atoms with Crippen LogP contribution in [0, 0.1) is 0 Å². The number of anilines is 1. The summed E-state index contributed by atoms with van der Waals surface area (Å²) < 4.78 is 0. The summed E-state index contributed by atoms with van der Waals surface area (Å²) in [5, 5.41) is 2.79. The fraction of sp³-hybridized carbons (Fsp3) is 0.348. The summed E-state index contributed by atoms with van der Waals surface area (Å²) in [6.07, 6.45) is 0.00967. The Hall–Kier alpha value is -3.35. The Morgan fingerprint density at radius 1 is 0.867 bits per heavy atom. The van der Waals surface area contributed by atoms with Crippen molar-refractivity contribution in [2.45, 2.75) is 12.5 Å². The topological polar surface area (TPSA) is 73.0 Å². The Kier molecular flexibility index (Phi) is 5.97. The molecule has 0 aliphatic carbocycles. The molecule has 156 valence electrons. The molecule has 2 saturated heterocycles. The van der Waals surface area contributed by atoms with E-state index in [1.807, 2.05) is 24.3 Å². The lowest BCUT2D eigenvalue weighted by Crippen LogP contribution is -2.59. The summed E-state index contributed by atoms with van der Waals surface area (Å²) in [7, 11) is 0. The number of para-hydroxylation sites is 1. The lowest BCUT2D eigenvalue weighted by Gasteiger charge is -2.38. The van der Waals surface area contributed by atoms with Gasteiger partial charge in [0.1, 0.15) is 6.04 Å². The van der Waals surface area contributed by atoms with Gasteiger partial charge in [0.2, 0.25) is 11.8 Å². The van der Waals surface area contributed by atoms with Crippen molar-refractivity contribution in [2.24, 2.45) is 0 Å². The van der Waals surface area contributed by atoms with Gasteiger partial charge in [0.05, 0.1) is 6.42 Å². The lowest BCUT2D eigenvalue weighted by molar-refractivity contribution is -0.138. The number of benzene rings is 2. The zero-order chi connectivity index (χ0) is 20.9. The van der Waals surface area contributed by atoms with Gasteiger partial charge in [-0.1, -0.05) is 36.4 Å². The van der Waals surface area contributed by atoms with Crippen molar-refractivity contribution in [1.29, 1.82) is 0 Å². The number of carbonyl (C=O) groups excluding carboxylic acids is 3. The van der Waals surface area contributed by atoms with Crippen LogP contribution in [-0.2, 0) is 9.59 Å². The second-order valence-corrected chi connectivity index (χ2v) is 7.58. The highest BCUT2D eigenvalue weighted by Gasteiger charge is 2.36. The van der Waals surface area contributed by atoms with Gasteiger partial charge in [0.15, 0.2) is 0 Å². The fourth-order valence-corrected chi connectivity index (χ4v) is 4.05. The normalized spacial score (nSPS) is 19.4. The third kappa shape index (κ3) is 4.30. The molecule has 0 unspecified atom stereocenters. The van der Waals surface area contributed by atoms with Crippen LogP contribution in [0.4, 0.5) is 5.69 Å². The van der Waals surface area contributed by atoms with Gasteiger partial charge in [-0.3, -0.25) is 14.4 Å². The first-order valence-corrected chi connectivity index (χ1v) is 10.3. The molecule has 1 N–H and O–H groups in total. The minimum absolute atomic E-state index is 0.00967. The number of amides is 3. The average Bonchev–Trinajstić information content (AvgIpc) is 2.81. The number of hydrogen-bond donors (Lipinski definition) is 1. The summed E-state index contributed by atoms with van der Waals surface area (Å²) in [6, 6.07) is 18.3. The molecule has 3 amide bonds. The van der Waals surface area contributed by atoms with E-state index in [4.69, 9.17) is 0 Å². The molecule has 2 heterocycles. The third-order valence-corrected chi connectivity index (χ3v) is 5.73. The predicted octanol–water partition coefficient (Wildman–Crippen LogP) is 1.37. The predicted molar refractivity (Wildman–Crippen MR) is 114 cm³/mol. The highest BCUT2D eigenvalue weighted by Crippen LogP contribution is 2.18. The maximum Gasteiger partial charge on any atom is 0.254 e. The molecule has 2 aliphatic rings. The molecule has 2 aromatic rings. The number of carbonyl (C=O) groups is 3. The Morgan fingerprint density at radius 2 is 1.50 bits per heavy atom. The molecule has 2 aromatic carbocycles. The van der Waals surface area contributed by atoms with E-state index < -0.39 is 6.04 Å². The fourth-order valence-electron chi connectivity index (χ4n) is 4.05. The maximum absolute atomic E-state index is 12.9. The van der Waals surface area contributed by atoms with Gasteiger partial charge < -0.3 is 20.0 Å². The average molecular weight is 406 g/mol. The molecule has 30 heavy (non-hydrogen) atoms. The Morgan fingerprint density at radius 3 is 2.17 bits per heavy atom. The molecule has 7 nitrogen and oxygen atoms in total. The van der Waals surface area contributed by atoms with Crippen molar-refractivity contribution in [2.75, 3.05) is 44.2 Å². The van der Waals surface area contributed by atoms with E-state index in [1.165, 1.54) is 4.90 Å². The van der Waals surface area contributed by atoms with E-state index >= 15 is 0 Å². The van der Waals surface area contributed by atoms with E-state index in [2.05, 4.69) is 22.3 Å². The van der Waals surface area contributed by atoms with Crippen LogP contribution in [-0.4, -0.2) is 72.8 Å². The van der Waals surface area contributed by atoms with Gasteiger partial charge >= 0.3 is 0 Å². The highest BCUT2D eigenvalue weighted by atomic mass is 16.2. The number of hydrogen-bond acceptors (Lipinski definition) is 4. The van der Waals surface area contributed by atoms with Crippen molar-refractivity contribution in [3.8, 4) is 0 Å². The van der Waals surface area contributed by atoms with Crippen LogP contribution in [0.25, 0.3) is 0 Å². The van der Waals surface area contributed by atoms with E-state index in [1.54, 1.807) is 29.2 Å². The van der Waals surface area contributed by atoms with Crippen molar-refractivity contribution in [1.82, 2.24) is 15.1 Å². The molecular weight excluding hydrogens is 380 g/mol. The van der Waals surface area contributed by atoms with E-state index in [0.717, 1.165) is 18.8 Å². The molecule has 0 aromatic heterocycles. The first kappa shape index (κ1) is 19.9. The van der Waals surface area contributed by atoms with Crippen LogP contribution >= 0.6 is 0 Å². The maximum atomic E-state index is 12.9. The standard InChI is InChI=1S/C23H26N4O3/c28-21(26-15-13-25(14-16-26)19-9-5-2-6-10-19)17-20-22(29)24-11-12-27(20)23(30)18-7-3-1-4-8-18/h1-10,20H,11-17H2,(H,24,29)/t20-/m0/s1. The molecule has 0 spiro atoms. The summed E-state index contributed by atoms with van der Waals surface area (Å²) in [6.45, 7) is 3.51. The summed E-state index contributed by atoms with van der Waals surface area (Å²) >= 11 is 0. The SMILES string of the molecule is O=C1NCCN(C(=O)c2ccccc2)[C@H]1CC(=O)N1CCN(c2ccccc2)CC1. The van der Waals surface area contributed by atoms with Crippen LogP contribution < -0.4 is 10.2 Å². The molecule has 7 heteroatoms. The zero-order valence-corrected chi connectivity index (χ0v) is 16.9. The van der Waals surface area contributed by atoms with Gasteiger partial charge in [0, 0.05) is 50.5 Å². The molecule has 1 atom stereocenters. The number of nitrogens with one attached hydrogen (secondary N) is 1. The minimum atomic E-state index is -0.772. The van der Waals surface area contributed by atoms with E-state index in [0.29, 0.717) is 31.7 Å². The summed E-state index contributed by atoms with van der Waals surface area (Å²) in [4.78, 5) is 44.0. The smallest absolute Gasteiger partial charge is 0.254 e. The molecule has 0 bridgehead atoms. The van der Waals surface area contributed by atoms with Gasteiger partial charge in [-0.15, -0.1) is 0 Å². The summed E-state index contributed by atoms with van der Waals surface area (Å²) in [5.41, 5.74) is 1.68. The number of rotatable bonds is 4. The van der Waals surface area contributed by atoms with Gasteiger partial charge in [-0.05, 0) is 24.3 Å². The number of nitrogens with zero attached hydrogens (tertiary/aromatic N) is 3. The van der Waals surface area contributed by atoms with Crippen LogP contribution in [0.3, 0.4) is 0 Å². The number of piperazine rings is 2. The van der Waals surface area contributed by atoms with Crippen molar-refractivity contribution in [3.63, 3.8) is 0 Å². The van der Waals surface area contributed by atoms with Gasteiger partial charge in [0.25, 0.3) is 5.91 Å². The second kappa shape index (κ2) is 8.98. The molecule has 0 radical (unpaired) electrons. The molecule has 2 fully saturated rings. The summed E-state index contributed by atoms with van der Waals surface area (Å²) in [5.74, 6) is -0.561. The minimum Gasteiger partial charge on any atom is -0.368 e. The highest BCUT2D eigenvalue weighted by molar-refractivity contribution is 5.99. The van der Waals surface area contributed by atoms with Crippen molar-refractivity contribution < 1.29 is 14.4 Å². The Balaban J connectivity index is 1.39. The van der Waals surface area contributed by atoms with Crippen LogP contribution in [0.1, 0.15) is 16.8 Å². The first-order valence-electron chi connectivity index (χ1n) is 10.3. The second-order valence-electron chi connectivity index (χ2n) is 7.58. The van der Waals surface area contributed by atoms with Crippen LogP contribution in [0.15, 0.2) is 60.7 Å². The zero-order valence-electron chi connectivity index (χ0n) is 16.9. The molecule has 4 rings (SSSR count). The first-order chi connectivity index (χ1) is 14.6. The monoisotopic (exact) mass is 406 g/mol. The van der Waals surface area contributed by atoms with E-state index in [-0.39, 0.29) is 24.1 Å². The Bertz CT molecular complexity index is 895. The van der Waals surface area contributed by atoms with Gasteiger partial charge in [-0.2, -0.15) is 0 Å². The molecular formula is C23H26N4O3. The molecule has 0 saturated carbocycles. The van der Waals surface area contributed by atoms with E-state index in [9.17, 15) is 14.4 Å². The van der Waals surface area contributed by atoms with Crippen molar-refractivity contribution >= 4 is 23.4 Å². The van der Waals surface area contributed by atoms with Gasteiger partial charge in [-0.25, -0.2) is 0 Å². The Labute approximate surface area is 176 Å². The lowest BCUT2D eigenvalue weighted by atomic mass is 10.1. The van der Waals surface area contributed by atoms with Crippen molar-refractivity contribution in [3.05, 3.63) is 66.2 Å². The largest absolute Gasteiger partial charge is 0.368 e. The third-order valence-electron chi connectivity index (χ3n) is 5.73. The van der Waals surface area contributed by atoms with Crippen LogP contribution in [0.5, 0.6) is 0 Å². The quantitative estimate of drug-likeness (QED) is 0.832. The van der Waals surface area contributed by atoms with Crippen LogP contribution in [0.2, 0.25) is 0 Å².